The van der Waals surface area contributed by atoms with Gasteiger partial charge in [0.05, 0.1) is 15.5 Å². The summed E-state index contributed by atoms with van der Waals surface area (Å²) in [4.78, 5) is 22.0. The van der Waals surface area contributed by atoms with Gasteiger partial charge in [-0.2, -0.15) is 0 Å². The number of aromatic nitrogens is 2. The van der Waals surface area contributed by atoms with E-state index < -0.39 is 5.82 Å². The molecule has 0 aliphatic carbocycles. The normalized spacial score (nSPS) is 18.3. The summed E-state index contributed by atoms with van der Waals surface area (Å²) >= 11 is 3.45. The number of hydrogen-bond acceptors (Lipinski definition) is 10. The van der Waals surface area contributed by atoms with Crippen molar-refractivity contribution in [3.63, 3.8) is 0 Å². The minimum Gasteiger partial charge on any atom is -0.489 e. The van der Waals surface area contributed by atoms with Crippen molar-refractivity contribution in [3.8, 4) is 5.75 Å². The SMILES string of the molecule is C=CC(=O)N1CCC(C(=N)c2c(N)ncnc2Nc2ccc(OC3CCCN(Sc4cccs4)C3)cc2F)CC1. The second-order valence-corrected chi connectivity index (χ2v) is 12.1. The first-order valence-corrected chi connectivity index (χ1v) is 14.9. The summed E-state index contributed by atoms with van der Waals surface area (Å²) in [5.74, 6) is 0.140. The van der Waals surface area contributed by atoms with Crippen molar-refractivity contribution in [2.24, 2.45) is 5.92 Å². The maximum atomic E-state index is 15.2. The fourth-order valence-corrected chi connectivity index (χ4v) is 6.96. The number of hydrogen-bond donors (Lipinski definition) is 3. The Labute approximate surface area is 241 Å². The molecule has 2 aromatic heterocycles. The molecular weight excluding hydrogens is 549 g/mol. The summed E-state index contributed by atoms with van der Waals surface area (Å²) in [5, 5.41) is 13.9. The van der Waals surface area contributed by atoms with E-state index in [4.69, 9.17) is 15.9 Å². The van der Waals surface area contributed by atoms with Crippen molar-refractivity contribution in [1.29, 1.82) is 5.41 Å². The van der Waals surface area contributed by atoms with Crippen molar-refractivity contribution in [3.05, 3.63) is 66.1 Å². The molecule has 4 N–H and O–H groups in total. The van der Waals surface area contributed by atoms with Crippen LogP contribution in [0.1, 0.15) is 31.2 Å². The standard InChI is InChI=1S/C28H32FN7O2S2/c1-2-23(37)35-12-9-18(10-13-35)26(30)25-27(31)32-17-33-28(25)34-22-8-7-19(15-21(22)29)38-20-5-3-11-36(16-20)40-24-6-4-14-39-24/h2,4,6-8,14-15,17-18,20,30H,1,3,5,9-13,16H2,(H3,31,32,33,34). The van der Waals surface area contributed by atoms with Crippen molar-refractivity contribution in [2.75, 3.05) is 37.2 Å². The highest BCUT2D eigenvalue weighted by molar-refractivity contribution is 7.98. The van der Waals surface area contributed by atoms with Crippen LogP contribution in [-0.2, 0) is 4.79 Å². The molecular formula is C28H32FN7O2S2. The number of thiophene rings is 1. The second-order valence-electron chi connectivity index (χ2n) is 9.76. The number of nitrogens with one attached hydrogen (secondary N) is 2. The number of benzene rings is 1. The van der Waals surface area contributed by atoms with Crippen molar-refractivity contribution >= 4 is 52.2 Å². The number of amides is 1. The highest BCUT2D eigenvalue weighted by atomic mass is 32.2. The minimum atomic E-state index is -0.496. The molecule has 2 aliphatic heterocycles. The molecule has 1 amide bonds. The largest absolute Gasteiger partial charge is 0.489 e. The van der Waals surface area contributed by atoms with Gasteiger partial charge in [0, 0.05) is 43.9 Å². The van der Waals surface area contributed by atoms with Gasteiger partial charge in [-0.1, -0.05) is 12.6 Å². The molecule has 3 aromatic rings. The number of piperidine rings is 2. The second kappa shape index (κ2) is 12.8. The first kappa shape index (κ1) is 28.1. The number of nitrogens with two attached hydrogens (primary N) is 1. The Morgan fingerprint density at radius 1 is 1.25 bits per heavy atom. The molecule has 12 heteroatoms. The summed E-state index contributed by atoms with van der Waals surface area (Å²) in [5.41, 5.74) is 6.99. The first-order valence-electron chi connectivity index (χ1n) is 13.2. The summed E-state index contributed by atoms with van der Waals surface area (Å²) in [6.45, 7) is 6.34. The van der Waals surface area contributed by atoms with Gasteiger partial charge in [0.2, 0.25) is 5.91 Å². The van der Waals surface area contributed by atoms with E-state index in [9.17, 15) is 4.79 Å². The third-order valence-electron chi connectivity index (χ3n) is 7.09. The maximum Gasteiger partial charge on any atom is 0.245 e. The van der Waals surface area contributed by atoms with Crippen LogP contribution in [0.2, 0.25) is 0 Å². The van der Waals surface area contributed by atoms with Crippen molar-refractivity contribution in [2.45, 2.75) is 36.0 Å². The Kier molecular flexibility index (Phi) is 8.98. The van der Waals surface area contributed by atoms with E-state index in [1.54, 1.807) is 40.3 Å². The average Bonchev–Trinajstić information content (AvgIpc) is 3.47. The van der Waals surface area contributed by atoms with Gasteiger partial charge in [-0.3, -0.25) is 4.79 Å². The minimum absolute atomic E-state index is 0.0265. The van der Waals surface area contributed by atoms with Crippen molar-refractivity contribution in [1.82, 2.24) is 19.2 Å². The van der Waals surface area contributed by atoms with Crippen LogP contribution in [0.5, 0.6) is 5.75 Å². The Balaban J connectivity index is 1.24. The summed E-state index contributed by atoms with van der Waals surface area (Å²) in [6.07, 6.45) is 5.71. The number of anilines is 3. The van der Waals surface area contributed by atoms with Crippen LogP contribution in [0.25, 0.3) is 0 Å². The zero-order valence-corrected chi connectivity index (χ0v) is 23.6. The number of nitrogen functional groups attached to an aromatic ring is 1. The molecule has 4 heterocycles. The first-order chi connectivity index (χ1) is 19.4. The van der Waals surface area contributed by atoms with E-state index in [-0.39, 0.29) is 41.0 Å². The van der Waals surface area contributed by atoms with Gasteiger partial charge in [0.15, 0.2) is 0 Å². The zero-order chi connectivity index (χ0) is 28.1. The molecule has 0 saturated carbocycles. The number of halogens is 1. The highest BCUT2D eigenvalue weighted by Crippen LogP contribution is 2.33. The molecule has 5 rings (SSSR count). The Morgan fingerprint density at radius 3 is 2.80 bits per heavy atom. The molecule has 0 spiro atoms. The van der Waals surface area contributed by atoms with Gasteiger partial charge in [-0.05, 0) is 67.3 Å². The van der Waals surface area contributed by atoms with Crippen molar-refractivity contribution < 1.29 is 13.9 Å². The zero-order valence-electron chi connectivity index (χ0n) is 22.0. The molecule has 1 unspecified atom stereocenters. The van der Waals surface area contributed by atoms with E-state index >= 15 is 4.39 Å². The third-order valence-corrected chi connectivity index (χ3v) is 9.17. The number of carbonyl (C=O) groups is 1. The molecule has 2 fully saturated rings. The van der Waals surface area contributed by atoms with Crippen LogP contribution >= 0.6 is 23.3 Å². The molecule has 9 nitrogen and oxygen atoms in total. The Hall–Kier alpha value is -3.48. The smallest absolute Gasteiger partial charge is 0.245 e. The molecule has 0 radical (unpaired) electrons. The van der Waals surface area contributed by atoms with Crippen LogP contribution in [0.3, 0.4) is 0 Å². The van der Waals surface area contributed by atoms with Gasteiger partial charge in [-0.25, -0.2) is 18.7 Å². The quantitative estimate of drug-likeness (QED) is 0.176. The number of likely N-dealkylation sites (tertiary alicyclic amines) is 1. The molecule has 2 aliphatic rings. The van der Waals surface area contributed by atoms with Gasteiger partial charge in [0.1, 0.15) is 35.6 Å². The van der Waals surface area contributed by atoms with E-state index in [2.05, 4.69) is 37.6 Å². The lowest BCUT2D eigenvalue weighted by Crippen LogP contribution is -2.39. The van der Waals surface area contributed by atoms with Gasteiger partial charge < -0.3 is 26.1 Å². The number of rotatable bonds is 9. The molecule has 210 valence electrons. The fourth-order valence-electron chi connectivity index (χ4n) is 5.00. The number of nitrogens with zero attached hydrogens (tertiary/aromatic N) is 4. The van der Waals surface area contributed by atoms with E-state index in [1.165, 1.54) is 22.7 Å². The average molecular weight is 582 g/mol. The fraction of sp³-hybridized carbons (Fsp3) is 0.357. The maximum absolute atomic E-state index is 15.2. The number of carbonyl (C=O) groups excluding carboxylic acids is 1. The van der Waals surface area contributed by atoms with Crippen LogP contribution < -0.4 is 15.8 Å². The van der Waals surface area contributed by atoms with Gasteiger partial charge >= 0.3 is 0 Å². The van der Waals surface area contributed by atoms with Gasteiger partial charge in [0.25, 0.3) is 0 Å². The molecule has 1 atom stereocenters. The Morgan fingerprint density at radius 2 is 2.08 bits per heavy atom. The molecule has 40 heavy (non-hydrogen) atoms. The molecule has 1 aromatic carbocycles. The summed E-state index contributed by atoms with van der Waals surface area (Å²) in [6, 6.07) is 8.86. The summed E-state index contributed by atoms with van der Waals surface area (Å²) < 4.78 is 24.9. The van der Waals surface area contributed by atoms with Crippen LogP contribution in [0.15, 0.2) is 58.9 Å². The summed E-state index contributed by atoms with van der Waals surface area (Å²) in [7, 11) is 0. The predicted molar refractivity (Wildman–Crippen MR) is 158 cm³/mol. The van der Waals surface area contributed by atoms with Crippen LogP contribution in [0, 0.1) is 17.1 Å². The van der Waals surface area contributed by atoms with E-state index in [0.717, 1.165) is 25.9 Å². The molecule has 2 saturated heterocycles. The lowest BCUT2D eigenvalue weighted by atomic mass is 9.88. The lowest BCUT2D eigenvalue weighted by molar-refractivity contribution is -0.127. The van der Waals surface area contributed by atoms with Crippen LogP contribution in [0.4, 0.5) is 21.7 Å². The van der Waals surface area contributed by atoms with Crippen LogP contribution in [-0.4, -0.2) is 63.1 Å². The Bertz CT molecular complexity index is 1360. The predicted octanol–water partition coefficient (Wildman–Crippen LogP) is 5.35. The topological polar surface area (TPSA) is 120 Å². The molecule has 0 bridgehead atoms. The number of ether oxygens (including phenoxy) is 1. The third kappa shape index (κ3) is 6.62. The van der Waals surface area contributed by atoms with Gasteiger partial charge in [-0.15, -0.1) is 11.3 Å². The monoisotopic (exact) mass is 581 g/mol. The lowest BCUT2D eigenvalue weighted by Gasteiger charge is -2.32. The van der Waals surface area contributed by atoms with E-state index in [0.29, 0.717) is 37.2 Å². The highest BCUT2D eigenvalue weighted by Gasteiger charge is 2.28. The van der Waals surface area contributed by atoms with E-state index in [1.807, 2.05) is 6.07 Å².